The van der Waals surface area contributed by atoms with Crippen LogP contribution < -0.4 is 4.74 Å². The molecule has 0 atom stereocenters. The van der Waals surface area contributed by atoms with Crippen molar-refractivity contribution in [1.82, 2.24) is 4.40 Å². The molecule has 0 aliphatic rings. The third kappa shape index (κ3) is 3.30. The van der Waals surface area contributed by atoms with Crippen molar-refractivity contribution >= 4 is 23.4 Å². The lowest BCUT2D eigenvalue weighted by Crippen LogP contribution is -1.99. The Labute approximate surface area is 169 Å². The number of aryl methyl sites for hydroxylation is 2. The molecule has 4 rings (SSSR count). The van der Waals surface area contributed by atoms with Gasteiger partial charge in [0.15, 0.2) is 6.29 Å². The quantitative estimate of drug-likeness (QED) is 0.377. The number of carbonyl (C=O) groups is 1. The van der Waals surface area contributed by atoms with Gasteiger partial charge in [-0.05, 0) is 54.8 Å². The van der Waals surface area contributed by atoms with Crippen LogP contribution in [0.5, 0.6) is 5.75 Å². The van der Waals surface area contributed by atoms with Crippen molar-refractivity contribution < 1.29 is 9.53 Å². The summed E-state index contributed by atoms with van der Waals surface area (Å²) in [5, 5.41) is 0.644. The summed E-state index contributed by atoms with van der Waals surface area (Å²) in [6.07, 6.45) is 2.78. The monoisotopic (exact) mass is 389 g/mol. The molecule has 0 bridgehead atoms. The summed E-state index contributed by atoms with van der Waals surface area (Å²) < 4.78 is 8.06. The van der Waals surface area contributed by atoms with E-state index in [0.717, 1.165) is 39.6 Å². The highest BCUT2D eigenvalue weighted by Crippen LogP contribution is 2.38. The van der Waals surface area contributed by atoms with E-state index >= 15 is 0 Å². The van der Waals surface area contributed by atoms with Crippen LogP contribution in [-0.2, 0) is 6.61 Å². The SMILES string of the molecule is Cc1cc(OCc2ccccc2)c(-c2cc3c(C)cccn3c2C=O)cc1Cl. The second-order valence-corrected chi connectivity index (χ2v) is 7.29. The van der Waals surface area contributed by atoms with Crippen LogP contribution in [0.2, 0.25) is 5.02 Å². The first-order valence-electron chi connectivity index (χ1n) is 9.11. The Hall–Kier alpha value is -3.04. The normalized spacial score (nSPS) is 11.0. The number of aldehydes is 1. The van der Waals surface area contributed by atoms with Gasteiger partial charge in [-0.15, -0.1) is 0 Å². The molecule has 3 nitrogen and oxygen atoms in total. The van der Waals surface area contributed by atoms with Crippen molar-refractivity contribution in [2.45, 2.75) is 20.5 Å². The molecule has 4 heteroatoms. The van der Waals surface area contributed by atoms with E-state index < -0.39 is 0 Å². The Balaban J connectivity index is 1.85. The van der Waals surface area contributed by atoms with E-state index in [2.05, 4.69) is 0 Å². The molecule has 0 aliphatic heterocycles. The zero-order valence-electron chi connectivity index (χ0n) is 15.8. The second-order valence-electron chi connectivity index (χ2n) is 6.88. The van der Waals surface area contributed by atoms with Gasteiger partial charge in [0, 0.05) is 27.9 Å². The number of fused-ring (bicyclic) bond motifs is 1. The molecule has 0 saturated heterocycles. The van der Waals surface area contributed by atoms with Crippen LogP contribution in [0.25, 0.3) is 16.6 Å². The number of nitrogens with zero attached hydrogens (tertiary/aromatic N) is 1. The maximum atomic E-state index is 11.9. The minimum atomic E-state index is 0.442. The molecule has 0 amide bonds. The lowest BCUT2D eigenvalue weighted by molar-refractivity contribution is 0.111. The van der Waals surface area contributed by atoms with Crippen molar-refractivity contribution in [1.29, 1.82) is 0 Å². The molecular formula is C24H20ClNO2. The number of hydrogen-bond donors (Lipinski definition) is 0. The fourth-order valence-electron chi connectivity index (χ4n) is 3.42. The van der Waals surface area contributed by atoms with Gasteiger partial charge in [-0.25, -0.2) is 0 Å². The topological polar surface area (TPSA) is 30.7 Å². The number of carbonyl (C=O) groups excluding carboxylic acids is 1. The maximum Gasteiger partial charge on any atom is 0.167 e. The number of halogens is 1. The minimum Gasteiger partial charge on any atom is -0.488 e. The van der Waals surface area contributed by atoms with Crippen LogP contribution in [0.1, 0.15) is 27.2 Å². The molecule has 0 N–H and O–H groups in total. The number of pyridine rings is 1. The number of hydrogen-bond acceptors (Lipinski definition) is 2. The van der Waals surface area contributed by atoms with Crippen LogP contribution in [0.4, 0.5) is 0 Å². The summed E-state index contributed by atoms with van der Waals surface area (Å²) in [5.74, 6) is 0.711. The third-order valence-corrected chi connectivity index (χ3v) is 5.37. The largest absolute Gasteiger partial charge is 0.488 e. The zero-order valence-corrected chi connectivity index (χ0v) is 16.5. The predicted molar refractivity (Wildman–Crippen MR) is 113 cm³/mol. The van der Waals surface area contributed by atoms with Gasteiger partial charge in [0.1, 0.15) is 12.4 Å². The first-order valence-corrected chi connectivity index (χ1v) is 9.49. The van der Waals surface area contributed by atoms with Gasteiger partial charge in [0.25, 0.3) is 0 Å². The van der Waals surface area contributed by atoms with Crippen molar-refractivity contribution in [2.75, 3.05) is 0 Å². The molecule has 140 valence electrons. The van der Waals surface area contributed by atoms with Gasteiger partial charge in [-0.2, -0.15) is 0 Å². The van der Waals surface area contributed by atoms with Gasteiger partial charge in [0.2, 0.25) is 0 Å². The summed E-state index contributed by atoms with van der Waals surface area (Å²) in [5.41, 5.74) is 6.32. The van der Waals surface area contributed by atoms with Crippen LogP contribution in [0.15, 0.2) is 66.9 Å². The third-order valence-electron chi connectivity index (χ3n) is 4.96. The highest BCUT2D eigenvalue weighted by Gasteiger charge is 2.18. The highest BCUT2D eigenvalue weighted by atomic mass is 35.5. The molecule has 0 spiro atoms. The van der Waals surface area contributed by atoms with Crippen molar-refractivity contribution in [3.8, 4) is 16.9 Å². The Morgan fingerprint density at radius 1 is 0.964 bits per heavy atom. The van der Waals surface area contributed by atoms with Crippen molar-refractivity contribution in [3.05, 3.63) is 94.3 Å². The van der Waals surface area contributed by atoms with E-state index in [1.54, 1.807) is 0 Å². The van der Waals surface area contributed by atoms with Crippen LogP contribution in [0, 0.1) is 13.8 Å². The Morgan fingerprint density at radius 2 is 1.75 bits per heavy atom. The molecule has 2 aromatic carbocycles. The van der Waals surface area contributed by atoms with E-state index in [1.807, 2.05) is 85.1 Å². The number of ether oxygens (including phenoxy) is 1. The molecule has 0 radical (unpaired) electrons. The minimum absolute atomic E-state index is 0.442. The summed E-state index contributed by atoms with van der Waals surface area (Å²) in [6, 6.07) is 19.8. The van der Waals surface area contributed by atoms with Gasteiger partial charge < -0.3 is 9.14 Å². The first-order chi connectivity index (χ1) is 13.6. The van der Waals surface area contributed by atoms with Crippen LogP contribution in [0.3, 0.4) is 0 Å². The van der Waals surface area contributed by atoms with Gasteiger partial charge >= 0.3 is 0 Å². The lowest BCUT2D eigenvalue weighted by atomic mass is 10.0. The molecule has 2 aromatic heterocycles. The lowest BCUT2D eigenvalue weighted by Gasteiger charge is -2.14. The highest BCUT2D eigenvalue weighted by molar-refractivity contribution is 6.31. The smallest absolute Gasteiger partial charge is 0.167 e. The zero-order chi connectivity index (χ0) is 19.7. The molecule has 0 saturated carbocycles. The Morgan fingerprint density at radius 3 is 2.50 bits per heavy atom. The van der Waals surface area contributed by atoms with E-state index in [1.165, 1.54) is 0 Å². The average molecular weight is 390 g/mol. The van der Waals surface area contributed by atoms with Crippen molar-refractivity contribution in [2.24, 2.45) is 0 Å². The van der Waals surface area contributed by atoms with E-state index in [4.69, 9.17) is 16.3 Å². The van der Waals surface area contributed by atoms with E-state index in [9.17, 15) is 4.79 Å². The molecule has 0 fully saturated rings. The average Bonchev–Trinajstić information content (AvgIpc) is 3.09. The Bertz CT molecular complexity index is 1160. The summed E-state index contributed by atoms with van der Waals surface area (Å²) in [7, 11) is 0. The molecular weight excluding hydrogens is 370 g/mol. The first kappa shape index (κ1) is 18.3. The predicted octanol–water partition coefficient (Wildman–Crippen LogP) is 6.27. The van der Waals surface area contributed by atoms with Crippen LogP contribution in [-0.4, -0.2) is 10.7 Å². The van der Waals surface area contributed by atoms with E-state index in [0.29, 0.717) is 23.1 Å². The van der Waals surface area contributed by atoms with Gasteiger partial charge in [-0.1, -0.05) is 48.0 Å². The van der Waals surface area contributed by atoms with Gasteiger partial charge in [0.05, 0.1) is 5.69 Å². The fourth-order valence-corrected chi connectivity index (χ4v) is 3.58. The maximum absolute atomic E-state index is 11.9. The van der Waals surface area contributed by atoms with Crippen molar-refractivity contribution in [3.63, 3.8) is 0 Å². The second kappa shape index (κ2) is 7.53. The number of rotatable bonds is 5. The molecule has 2 heterocycles. The fraction of sp³-hybridized carbons (Fsp3) is 0.125. The van der Waals surface area contributed by atoms with Crippen LogP contribution >= 0.6 is 11.6 Å². The molecule has 28 heavy (non-hydrogen) atoms. The summed E-state index contributed by atoms with van der Waals surface area (Å²) >= 11 is 6.43. The summed E-state index contributed by atoms with van der Waals surface area (Å²) in [4.78, 5) is 11.9. The number of benzene rings is 2. The standard InChI is InChI=1S/C24H20ClNO2/c1-16-7-6-10-26-22(16)13-19(23(26)14-27)20-12-21(25)17(2)11-24(20)28-15-18-8-4-3-5-9-18/h3-14H,15H2,1-2H3. The molecule has 4 aromatic rings. The molecule has 0 unspecified atom stereocenters. The van der Waals surface area contributed by atoms with Gasteiger partial charge in [-0.3, -0.25) is 4.79 Å². The molecule has 0 aliphatic carbocycles. The summed E-state index contributed by atoms with van der Waals surface area (Å²) in [6.45, 7) is 4.42. The Kier molecular flexibility index (Phi) is 4.93. The number of aromatic nitrogens is 1. The van der Waals surface area contributed by atoms with E-state index in [-0.39, 0.29) is 0 Å².